The van der Waals surface area contributed by atoms with Gasteiger partial charge < -0.3 is 5.43 Å². The van der Waals surface area contributed by atoms with E-state index in [4.69, 9.17) is 10.8 Å². The van der Waals surface area contributed by atoms with Crippen LogP contribution in [0.2, 0.25) is 0 Å². The van der Waals surface area contributed by atoms with Crippen molar-refractivity contribution in [3.05, 3.63) is 35.9 Å². The third kappa shape index (κ3) is 3.35. The first-order valence-electron chi connectivity index (χ1n) is 7.25. The van der Waals surface area contributed by atoms with Gasteiger partial charge >= 0.3 is 0 Å². The SMILES string of the molecule is CC(C)(C(=NC1CCCCC1)NN)c1ccccc1. The molecule has 0 aromatic heterocycles. The Labute approximate surface area is 116 Å². The van der Waals surface area contributed by atoms with Crippen LogP contribution >= 0.6 is 0 Å². The quantitative estimate of drug-likeness (QED) is 0.379. The van der Waals surface area contributed by atoms with E-state index in [1.165, 1.54) is 37.7 Å². The lowest BCUT2D eigenvalue weighted by Gasteiger charge is -2.29. The number of rotatable bonds is 3. The van der Waals surface area contributed by atoms with Crippen LogP contribution in [-0.4, -0.2) is 11.9 Å². The fraction of sp³-hybridized carbons (Fsp3) is 0.562. The average molecular weight is 259 g/mol. The maximum absolute atomic E-state index is 5.73. The lowest BCUT2D eigenvalue weighted by atomic mass is 9.83. The number of hydrogen-bond donors (Lipinski definition) is 2. The lowest BCUT2D eigenvalue weighted by Crippen LogP contribution is -2.44. The molecule has 1 aliphatic rings. The smallest absolute Gasteiger partial charge is 0.121 e. The fourth-order valence-corrected chi connectivity index (χ4v) is 2.76. The Hall–Kier alpha value is -1.35. The monoisotopic (exact) mass is 259 g/mol. The van der Waals surface area contributed by atoms with Crippen molar-refractivity contribution in [2.45, 2.75) is 57.4 Å². The maximum atomic E-state index is 5.73. The highest BCUT2D eigenvalue weighted by Gasteiger charge is 2.28. The highest BCUT2D eigenvalue weighted by Crippen LogP contribution is 2.26. The minimum Gasteiger partial charge on any atom is -0.312 e. The summed E-state index contributed by atoms with van der Waals surface area (Å²) in [6.07, 6.45) is 6.31. The van der Waals surface area contributed by atoms with E-state index in [0.29, 0.717) is 6.04 Å². The molecule has 0 bridgehead atoms. The Morgan fingerprint density at radius 2 is 1.79 bits per heavy atom. The molecule has 1 aromatic rings. The van der Waals surface area contributed by atoms with Gasteiger partial charge in [-0.05, 0) is 32.3 Å². The second kappa shape index (κ2) is 6.20. The number of amidine groups is 1. The van der Waals surface area contributed by atoms with Gasteiger partial charge in [-0.25, -0.2) is 5.84 Å². The van der Waals surface area contributed by atoms with Crippen molar-refractivity contribution in [2.24, 2.45) is 10.8 Å². The van der Waals surface area contributed by atoms with Crippen LogP contribution < -0.4 is 11.3 Å². The molecule has 1 fully saturated rings. The highest BCUT2D eigenvalue weighted by molar-refractivity contribution is 5.92. The van der Waals surface area contributed by atoms with Crippen LogP contribution in [0.3, 0.4) is 0 Å². The molecule has 0 atom stereocenters. The Kier molecular flexibility index (Phi) is 4.59. The fourth-order valence-electron chi connectivity index (χ4n) is 2.76. The molecule has 1 aliphatic carbocycles. The molecule has 0 heterocycles. The molecular formula is C16H25N3. The van der Waals surface area contributed by atoms with Gasteiger partial charge in [0.05, 0.1) is 6.04 Å². The van der Waals surface area contributed by atoms with Crippen LogP contribution in [0.1, 0.15) is 51.5 Å². The summed E-state index contributed by atoms with van der Waals surface area (Å²) in [6, 6.07) is 10.9. The Bertz CT molecular complexity index is 417. The van der Waals surface area contributed by atoms with E-state index in [0.717, 1.165) is 5.84 Å². The summed E-state index contributed by atoms with van der Waals surface area (Å²) in [5, 5.41) is 0. The van der Waals surface area contributed by atoms with Gasteiger partial charge in [0.25, 0.3) is 0 Å². The van der Waals surface area contributed by atoms with Crippen molar-refractivity contribution in [1.29, 1.82) is 0 Å². The summed E-state index contributed by atoms with van der Waals surface area (Å²) < 4.78 is 0. The standard InChI is InChI=1S/C16H25N3/c1-16(2,13-9-5-3-6-10-13)15(19-17)18-14-11-7-4-8-12-14/h3,5-6,9-10,14H,4,7-8,11-12,17H2,1-2H3,(H,18,19). The van der Waals surface area contributed by atoms with Crippen molar-refractivity contribution < 1.29 is 0 Å². The van der Waals surface area contributed by atoms with E-state index in [2.05, 4.69) is 43.5 Å². The molecule has 0 spiro atoms. The molecule has 3 N–H and O–H groups in total. The summed E-state index contributed by atoms with van der Waals surface area (Å²) in [4.78, 5) is 4.88. The Morgan fingerprint density at radius 3 is 2.37 bits per heavy atom. The molecule has 19 heavy (non-hydrogen) atoms. The average Bonchev–Trinajstić information content (AvgIpc) is 2.46. The van der Waals surface area contributed by atoms with Gasteiger partial charge in [-0.15, -0.1) is 0 Å². The molecule has 1 aromatic carbocycles. The number of benzene rings is 1. The van der Waals surface area contributed by atoms with Crippen molar-refractivity contribution in [2.75, 3.05) is 0 Å². The van der Waals surface area contributed by atoms with Gasteiger partial charge in [-0.1, -0.05) is 49.6 Å². The summed E-state index contributed by atoms with van der Waals surface area (Å²) in [5.74, 6) is 6.63. The summed E-state index contributed by atoms with van der Waals surface area (Å²) >= 11 is 0. The first-order valence-corrected chi connectivity index (χ1v) is 7.25. The summed E-state index contributed by atoms with van der Waals surface area (Å²) in [6.45, 7) is 4.34. The van der Waals surface area contributed by atoms with Crippen LogP contribution in [0.5, 0.6) is 0 Å². The zero-order valence-electron chi connectivity index (χ0n) is 12.0. The second-order valence-electron chi connectivity index (χ2n) is 5.90. The largest absolute Gasteiger partial charge is 0.312 e. The third-order valence-corrected chi connectivity index (χ3v) is 4.11. The van der Waals surface area contributed by atoms with Crippen LogP contribution in [-0.2, 0) is 5.41 Å². The number of hydrogen-bond acceptors (Lipinski definition) is 2. The number of hydrazine groups is 1. The molecule has 0 aliphatic heterocycles. The molecule has 104 valence electrons. The van der Waals surface area contributed by atoms with E-state index in [1.54, 1.807) is 0 Å². The van der Waals surface area contributed by atoms with E-state index >= 15 is 0 Å². The zero-order valence-corrected chi connectivity index (χ0v) is 12.0. The minimum atomic E-state index is -0.173. The van der Waals surface area contributed by atoms with Gasteiger partial charge in [0.1, 0.15) is 5.84 Å². The normalized spacial score (nSPS) is 18.4. The first kappa shape index (κ1) is 14.1. The predicted molar refractivity (Wildman–Crippen MR) is 81.1 cm³/mol. The van der Waals surface area contributed by atoms with Gasteiger partial charge in [0, 0.05) is 5.41 Å². The Morgan fingerprint density at radius 1 is 1.16 bits per heavy atom. The number of nitrogens with zero attached hydrogens (tertiary/aromatic N) is 1. The van der Waals surface area contributed by atoms with E-state index in [1.807, 2.05) is 6.07 Å². The Balaban J connectivity index is 2.22. The third-order valence-electron chi connectivity index (χ3n) is 4.11. The molecule has 3 nitrogen and oxygen atoms in total. The van der Waals surface area contributed by atoms with Gasteiger partial charge in [0.2, 0.25) is 0 Å². The molecule has 0 radical (unpaired) electrons. The second-order valence-corrected chi connectivity index (χ2v) is 5.90. The summed E-state index contributed by atoms with van der Waals surface area (Å²) in [7, 11) is 0. The van der Waals surface area contributed by atoms with E-state index < -0.39 is 0 Å². The van der Waals surface area contributed by atoms with E-state index in [9.17, 15) is 0 Å². The molecule has 2 rings (SSSR count). The number of nitrogens with one attached hydrogen (secondary N) is 1. The number of aliphatic imine (C=N–C) groups is 1. The van der Waals surface area contributed by atoms with Crippen LogP contribution in [0.4, 0.5) is 0 Å². The van der Waals surface area contributed by atoms with Crippen LogP contribution in [0, 0.1) is 0 Å². The van der Waals surface area contributed by atoms with Gasteiger partial charge in [-0.3, -0.25) is 4.99 Å². The van der Waals surface area contributed by atoms with Gasteiger partial charge in [0.15, 0.2) is 0 Å². The molecule has 0 amide bonds. The maximum Gasteiger partial charge on any atom is 0.121 e. The van der Waals surface area contributed by atoms with Crippen molar-refractivity contribution in [1.82, 2.24) is 5.43 Å². The first-order chi connectivity index (χ1) is 9.14. The number of nitrogens with two attached hydrogens (primary N) is 1. The zero-order chi connectivity index (χ0) is 13.7. The van der Waals surface area contributed by atoms with Gasteiger partial charge in [-0.2, -0.15) is 0 Å². The minimum absolute atomic E-state index is 0.173. The highest BCUT2D eigenvalue weighted by atomic mass is 15.3. The molecule has 0 saturated heterocycles. The molecule has 1 saturated carbocycles. The van der Waals surface area contributed by atoms with Crippen molar-refractivity contribution in [3.8, 4) is 0 Å². The summed E-state index contributed by atoms with van der Waals surface area (Å²) in [5.41, 5.74) is 3.90. The van der Waals surface area contributed by atoms with Crippen LogP contribution in [0.15, 0.2) is 35.3 Å². The lowest BCUT2D eigenvalue weighted by molar-refractivity contribution is 0.439. The van der Waals surface area contributed by atoms with Crippen LogP contribution in [0.25, 0.3) is 0 Å². The predicted octanol–water partition coefficient (Wildman–Crippen LogP) is 3.16. The molecule has 0 unspecified atom stereocenters. The molecule has 3 heteroatoms. The molecular weight excluding hydrogens is 234 g/mol. The van der Waals surface area contributed by atoms with Crippen molar-refractivity contribution >= 4 is 5.84 Å². The van der Waals surface area contributed by atoms with E-state index in [-0.39, 0.29) is 5.41 Å². The van der Waals surface area contributed by atoms with Crippen molar-refractivity contribution in [3.63, 3.8) is 0 Å². The topological polar surface area (TPSA) is 50.4 Å².